The summed E-state index contributed by atoms with van der Waals surface area (Å²) in [6.45, 7) is 10.4. The van der Waals surface area contributed by atoms with Crippen molar-refractivity contribution < 1.29 is 8.42 Å². The molecule has 1 saturated heterocycles. The molecule has 0 spiro atoms. The lowest BCUT2D eigenvalue weighted by atomic mass is 9.94. The normalized spacial score (nSPS) is 16.4. The molecule has 6 heteroatoms. The molecule has 1 aliphatic rings. The number of pyridine rings is 1. The van der Waals surface area contributed by atoms with Gasteiger partial charge in [-0.05, 0) is 37.6 Å². The zero-order chi connectivity index (χ0) is 19.5. The van der Waals surface area contributed by atoms with Crippen molar-refractivity contribution in [1.29, 1.82) is 0 Å². The maximum atomic E-state index is 11.9. The number of hydrogen-bond acceptors (Lipinski definition) is 5. The number of hydrogen-bond donors (Lipinski definition) is 1. The fourth-order valence-corrected chi connectivity index (χ4v) is 4.43. The molecule has 2 aromatic rings. The van der Waals surface area contributed by atoms with Gasteiger partial charge >= 0.3 is 0 Å². The fraction of sp³-hybridized carbons (Fsp3) is 0.476. The minimum absolute atomic E-state index is 0.0762. The average molecular weight is 388 g/mol. The van der Waals surface area contributed by atoms with Crippen LogP contribution in [0.15, 0.2) is 47.5 Å². The molecule has 0 bridgehead atoms. The second kappa shape index (κ2) is 8.09. The molecule has 1 N–H and O–H groups in total. The van der Waals surface area contributed by atoms with Gasteiger partial charge in [0.1, 0.15) is 0 Å². The van der Waals surface area contributed by atoms with Crippen molar-refractivity contribution in [2.75, 3.05) is 31.9 Å². The summed E-state index contributed by atoms with van der Waals surface area (Å²) >= 11 is 0. The first kappa shape index (κ1) is 20.0. The van der Waals surface area contributed by atoms with Crippen LogP contribution in [0.25, 0.3) is 11.1 Å². The smallest absolute Gasteiger partial charge is 0.178 e. The number of benzene rings is 1. The summed E-state index contributed by atoms with van der Waals surface area (Å²) in [4.78, 5) is 7.55. The maximum Gasteiger partial charge on any atom is 0.178 e. The Morgan fingerprint density at radius 3 is 2.22 bits per heavy atom. The van der Waals surface area contributed by atoms with Gasteiger partial charge in [0, 0.05) is 55.6 Å². The Kier molecular flexibility index (Phi) is 5.99. The highest BCUT2D eigenvalue weighted by molar-refractivity contribution is 7.91. The van der Waals surface area contributed by atoms with Crippen LogP contribution in [0.1, 0.15) is 26.5 Å². The van der Waals surface area contributed by atoms with Gasteiger partial charge in [-0.3, -0.25) is 9.88 Å². The molecule has 27 heavy (non-hydrogen) atoms. The monoisotopic (exact) mass is 387 g/mol. The second-order valence-corrected chi connectivity index (χ2v) is 9.97. The van der Waals surface area contributed by atoms with E-state index < -0.39 is 9.84 Å². The summed E-state index contributed by atoms with van der Waals surface area (Å²) < 4.78 is 23.9. The summed E-state index contributed by atoms with van der Waals surface area (Å²) in [5, 5.41) is 3.40. The van der Waals surface area contributed by atoms with E-state index in [1.807, 2.05) is 18.3 Å². The summed E-state index contributed by atoms with van der Waals surface area (Å²) in [6, 6.07) is 11.2. The molecule has 0 saturated carbocycles. The van der Waals surface area contributed by atoms with E-state index in [-0.39, 0.29) is 11.3 Å². The molecule has 0 amide bonds. The molecule has 2 heterocycles. The Bertz CT molecular complexity index is 853. The fourth-order valence-electron chi connectivity index (χ4n) is 3.55. The number of nitrogens with zero attached hydrogens (tertiary/aromatic N) is 2. The quantitative estimate of drug-likeness (QED) is 0.826. The van der Waals surface area contributed by atoms with Gasteiger partial charge in [-0.2, -0.15) is 0 Å². The lowest BCUT2D eigenvalue weighted by Crippen LogP contribution is -2.54. The highest BCUT2D eigenvalue weighted by Crippen LogP contribution is 2.24. The zero-order valence-corrected chi connectivity index (χ0v) is 17.2. The highest BCUT2D eigenvalue weighted by Gasteiger charge is 2.28. The van der Waals surface area contributed by atoms with Crippen LogP contribution in [0.2, 0.25) is 0 Å². The lowest BCUT2D eigenvalue weighted by Gasteiger charge is -2.41. The molecule has 146 valence electrons. The van der Waals surface area contributed by atoms with E-state index >= 15 is 0 Å². The van der Waals surface area contributed by atoms with Crippen molar-refractivity contribution in [2.24, 2.45) is 0 Å². The van der Waals surface area contributed by atoms with Gasteiger partial charge in [0.25, 0.3) is 0 Å². The van der Waals surface area contributed by atoms with Gasteiger partial charge in [-0.1, -0.05) is 25.1 Å². The Labute approximate surface area is 162 Å². The predicted octanol–water partition coefficient (Wildman–Crippen LogP) is 2.77. The first-order chi connectivity index (χ1) is 12.8. The van der Waals surface area contributed by atoms with Crippen LogP contribution in [-0.2, 0) is 16.3 Å². The maximum absolute atomic E-state index is 11.9. The first-order valence-corrected chi connectivity index (χ1v) is 11.2. The van der Waals surface area contributed by atoms with Crippen LogP contribution < -0.4 is 5.32 Å². The van der Waals surface area contributed by atoms with Gasteiger partial charge in [-0.25, -0.2) is 8.42 Å². The first-order valence-electron chi connectivity index (χ1n) is 9.56. The van der Waals surface area contributed by atoms with E-state index in [4.69, 9.17) is 0 Å². The molecule has 0 atom stereocenters. The third-order valence-electron chi connectivity index (χ3n) is 5.34. The van der Waals surface area contributed by atoms with Gasteiger partial charge in [-0.15, -0.1) is 0 Å². The van der Waals surface area contributed by atoms with Crippen LogP contribution >= 0.6 is 0 Å². The van der Waals surface area contributed by atoms with Gasteiger partial charge in [0.05, 0.1) is 10.6 Å². The van der Waals surface area contributed by atoms with Crippen LogP contribution in [0.3, 0.4) is 0 Å². The number of nitrogens with one attached hydrogen (secondary N) is 1. The standard InChI is InChI=1S/C21H29N3O2S/c1-4-27(25,26)20-9-6-17(7-10-20)18-5-8-19(23-16-18)15-21(2,3)24-13-11-22-12-14-24/h5-10,16,22H,4,11-15H2,1-3H3. The van der Waals surface area contributed by atoms with Gasteiger partial charge in [0.15, 0.2) is 9.84 Å². The lowest BCUT2D eigenvalue weighted by molar-refractivity contribution is 0.103. The van der Waals surface area contributed by atoms with Crippen LogP contribution in [0.5, 0.6) is 0 Å². The zero-order valence-electron chi connectivity index (χ0n) is 16.4. The molecule has 3 rings (SSSR count). The summed E-state index contributed by atoms with van der Waals surface area (Å²) in [5.41, 5.74) is 3.13. The van der Waals surface area contributed by atoms with Crippen LogP contribution in [0.4, 0.5) is 0 Å². The molecule has 0 aliphatic carbocycles. The van der Waals surface area contributed by atoms with E-state index in [1.165, 1.54) is 0 Å². The predicted molar refractivity (Wildman–Crippen MR) is 110 cm³/mol. The van der Waals surface area contributed by atoms with Gasteiger partial charge < -0.3 is 5.32 Å². The molecular weight excluding hydrogens is 358 g/mol. The van der Waals surface area contributed by atoms with Crippen molar-refractivity contribution in [3.05, 3.63) is 48.3 Å². The summed E-state index contributed by atoms with van der Waals surface area (Å²) in [6.07, 6.45) is 2.79. The van der Waals surface area contributed by atoms with Crippen LogP contribution in [0, 0.1) is 0 Å². The SMILES string of the molecule is CCS(=O)(=O)c1ccc(-c2ccc(CC(C)(C)N3CCNCC3)nc2)cc1. The average Bonchev–Trinajstić information content (AvgIpc) is 2.69. The molecule has 1 aromatic heterocycles. The van der Waals surface area contributed by atoms with Crippen LogP contribution in [-0.4, -0.2) is 55.8 Å². The largest absolute Gasteiger partial charge is 0.314 e. The Balaban J connectivity index is 1.71. The van der Waals surface area contributed by atoms with Crippen molar-refractivity contribution >= 4 is 9.84 Å². The summed E-state index contributed by atoms with van der Waals surface area (Å²) in [5.74, 6) is 0.117. The van der Waals surface area contributed by atoms with E-state index in [1.54, 1.807) is 19.1 Å². The molecule has 1 fully saturated rings. The molecule has 5 nitrogen and oxygen atoms in total. The molecule has 0 radical (unpaired) electrons. The Morgan fingerprint density at radius 2 is 1.67 bits per heavy atom. The molecule has 1 aromatic carbocycles. The van der Waals surface area contributed by atoms with Crippen molar-refractivity contribution in [1.82, 2.24) is 15.2 Å². The van der Waals surface area contributed by atoms with Gasteiger partial charge in [0.2, 0.25) is 0 Å². The van der Waals surface area contributed by atoms with E-state index in [2.05, 4.69) is 41.2 Å². The Hall–Kier alpha value is -1.76. The minimum Gasteiger partial charge on any atom is -0.314 e. The number of sulfone groups is 1. The highest BCUT2D eigenvalue weighted by atomic mass is 32.2. The third-order valence-corrected chi connectivity index (χ3v) is 7.09. The molecular formula is C21H29N3O2S. The topological polar surface area (TPSA) is 62.3 Å². The van der Waals surface area contributed by atoms with E-state index in [0.717, 1.165) is 49.4 Å². The number of aromatic nitrogens is 1. The van der Waals surface area contributed by atoms with E-state index in [9.17, 15) is 8.42 Å². The van der Waals surface area contributed by atoms with Crippen molar-refractivity contribution in [2.45, 2.75) is 37.6 Å². The van der Waals surface area contributed by atoms with Crippen molar-refractivity contribution in [3.63, 3.8) is 0 Å². The second-order valence-electron chi connectivity index (χ2n) is 7.69. The molecule has 1 aliphatic heterocycles. The van der Waals surface area contributed by atoms with E-state index in [0.29, 0.717) is 4.90 Å². The van der Waals surface area contributed by atoms with Crippen molar-refractivity contribution in [3.8, 4) is 11.1 Å². The number of piperazine rings is 1. The molecule has 0 unspecified atom stereocenters. The Morgan fingerprint density at radius 1 is 1.04 bits per heavy atom. The summed E-state index contributed by atoms with van der Waals surface area (Å²) in [7, 11) is -3.16. The third kappa shape index (κ3) is 4.75. The number of rotatable bonds is 6. The minimum atomic E-state index is -3.16.